The lowest BCUT2D eigenvalue weighted by Crippen LogP contribution is -2.54. The van der Waals surface area contributed by atoms with Crippen LogP contribution in [0.4, 0.5) is 4.79 Å². The van der Waals surface area contributed by atoms with E-state index in [1.807, 2.05) is 6.07 Å². The third-order valence-electron chi connectivity index (χ3n) is 2.66. The van der Waals surface area contributed by atoms with Crippen molar-refractivity contribution >= 4 is 12.0 Å². The Bertz CT molecular complexity index is 371. The van der Waals surface area contributed by atoms with Crippen LogP contribution in [0.3, 0.4) is 0 Å². The van der Waals surface area contributed by atoms with Gasteiger partial charge in [0.25, 0.3) is 0 Å². The summed E-state index contributed by atoms with van der Waals surface area (Å²) in [5.41, 5.74) is -0.618. The Morgan fingerprint density at radius 2 is 1.90 bits per heavy atom. The van der Waals surface area contributed by atoms with Crippen molar-refractivity contribution < 1.29 is 19.4 Å². The summed E-state index contributed by atoms with van der Waals surface area (Å²) < 4.78 is 4.94. The molecule has 0 aromatic heterocycles. The number of hydrogen-bond donors (Lipinski definition) is 1. The van der Waals surface area contributed by atoms with E-state index in [1.54, 1.807) is 20.8 Å². The standard InChI is InChI=1S/C13H23N3O4/c1-13(2,3)16(10-11(17)18)12(19)15(7-5-6-14)8-9-20-4/h5,7-10H2,1-4H3,(H,17,18). The van der Waals surface area contributed by atoms with Gasteiger partial charge >= 0.3 is 12.0 Å². The van der Waals surface area contributed by atoms with Crippen LogP contribution in [-0.2, 0) is 9.53 Å². The number of rotatable bonds is 7. The van der Waals surface area contributed by atoms with Gasteiger partial charge in [-0.1, -0.05) is 0 Å². The first-order valence-corrected chi connectivity index (χ1v) is 6.38. The van der Waals surface area contributed by atoms with E-state index in [2.05, 4.69) is 0 Å². The van der Waals surface area contributed by atoms with Crippen molar-refractivity contribution in [3.63, 3.8) is 0 Å². The molecule has 0 saturated carbocycles. The van der Waals surface area contributed by atoms with Gasteiger partial charge in [-0.3, -0.25) is 4.79 Å². The van der Waals surface area contributed by atoms with Gasteiger partial charge in [0.15, 0.2) is 0 Å². The van der Waals surface area contributed by atoms with E-state index in [4.69, 9.17) is 15.1 Å². The molecule has 0 aromatic carbocycles. The van der Waals surface area contributed by atoms with Crippen molar-refractivity contribution in [3.05, 3.63) is 0 Å². The lowest BCUT2D eigenvalue weighted by molar-refractivity contribution is -0.138. The molecule has 0 saturated heterocycles. The van der Waals surface area contributed by atoms with E-state index in [9.17, 15) is 9.59 Å². The van der Waals surface area contributed by atoms with Crippen molar-refractivity contribution in [1.29, 1.82) is 5.26 Å². The minimum atomic E-state index is -1.07. The molecule has 20 heavy (non-hydrogen) atoms. The molecule has 0 fully saturated rings. The first kappa shape index (κ1) is 18.2. The summed E-state index contributed by atoms with van der Waals surface area (Å²) in [6, 6.07) is 1.58. The summed E-state index contributed by atoms with van der Waals surface area (Å²) >= 11 is 0. The largest absolute Gasteiger partial charge is 0.480 e. The Hall–Kier alpha value is -1.81. The van der Waals surface area contributed by atoms with Crippen molar-refractivity contribution in [2.75, 3.05) is 33.4 Å². The molecular formula is C13H23N3O4. The van der Waals surface area contributed by atoms with Crippen LogP contribution < -0.4 is 0 Å². The SMILES string of the molecule is COCCN(CCC#N)C(=O)N(CC(=O)O)C(C)(C)C. The maximum atomic E-state index is 12.5. The molecule has 114 valence electrons. The zero-order valence-electron chi connectivity index (χ0n) is 12.5. The lowest BCUT2D eigenvalue weighted by atomic mass is 10.1. The second-order valence-corrected chi connectivity index (χ2v) is 5.32. The van der Waals surface area contributed by atoms with Crippen molar-refractivity contribution in [2.24, 2.45) is 0 Å². The van der Waals surface area contributed by atoms with Crippen LogP contribution in [0.25, 0.3) is 0 Å². The third-order valence-corrected chi connectivity index (χ3v) is 2.66. The van der Waals surface area contributed by atoms with Gasteiger partial charge < -0.3 is 19.6 Å². The normalized spacial score (nSPS) is 10.8. The predicted molar refractivity (Wildman–Crippen MR) is 73.2 cm³/mol. The smallest absolute Gasteiger partial charge is 0.323 e. The van der Waals surface area contributed by atoms with Crippen LogP contribution in [0, 0.1) is 11.3 Å². The third kappa shape index (κ3) is 6.38. The predicted octanol–water partition coefficient (Wildman–Crippen LogP) is 1.15. The van der Waals surface area contributed by atoms with Crippen LogP contribution in [0.1, 0.15) is 27.2 Å². The van der Waals surface area contributed by atoms with Gasteiger partial charge in [-0.2, -0.15) is 5.26 Å². The molecule has 0 bridgehead atoms. The van der Waals surface area contributed by atoms with E-state index in [-0.39, 0.29) is 19.5 Å². The summed E-state index contributed by atoms with van der Waals surface area (Å²) in [6.45, 7) is 5.85. The molecular weight excluding hydrogens is 262 g/mol. The summed E-state index contributed by atoms with van der Waals surface area (Å²) in [7, 11) is 1.52. The minimum absolute atomic E-state index is 0.195. The first-order valence-electron chi connectivity index (χ1n) is 6.38. The molecule has 0 aliphatic heterocycles. The number of methoxy groups -OCH3 is 1. The molecule has 0 rings (SSSR count). The van der Waals surface area contributed by atoms with E-state index in [0.29, 0.717) is 13.2 Å². The number of carbonyl (C=O) groups is 2. The summed E-state index contributed by atoms with van der Waals surface area (Å²) in [5, 5.41) is 17.6. The van der Waals surface area contributed by atoms with E-state index in [0.717, 1.165) is 0 Å². The number of amides is 2. The topological polar surface area (TPSA) is 93.9 Å². The van der Waals surface area contributed by atoms with Gasteiger partial charge in [0.1, 0.15) is 6.54 Å². The zero-order chi connectivity index (χ0) is 15.8. The van der Waals surface area contributed by atoms with Gasteiger partial charge in [0.05, 0.1) is 19.1 Å². The zero-order valence-corrected chi connectivity index (χ0v) is 12.5. The summed E-state index contributed by atoms with van der Waals surface area (Å²) in [5.74, 6) is -1.07. The van der Waals surface area contributed by atoms with E-state index >= 15 is 0 Å². The highest BCUT2D eigenvalue weighted by Gasteiger charge is 2.31. The molecule has 0 atom stereocenters. The molecule has 1 N–H and O–H groups in total. The highest BCUT2D eigenvalue weighted by molar-refractivity contribution is 5.80. The van der Waals surface area contributed by atoms with Crippen molar-refractivity contribution in [1.82, 2.24) is 9.80 Å². The van der Waals surface area contributed by atoms with Crippen LogP contribution in [0.15, 0.2) is 0 Å². The molecule has 7 nitrogen and oxygen atoms in total. The Balaban J connectivity index is 5.03. The molecule has 0 aromatic rings. The van der Waals surface area contributed by atoms with Crippen molar-refractivity contribution in [3.8, 4) is 6.07 Å². The molecule has 2 amide bonds. The Labute approximate surface area is 119 Å². The molecule has 7 heteroatoms. The van der Waals surface area contributed by atoms with Gasteiger partial charge in [0, 0.05) is 25.7 Å². The molecule has 0 aliphatic carbocycles. The molecule has 0 unspecified atom stereocenters. The quantitative estimate of drug-likeness (QED) is 0.757. The molecule has 0 radical (unpaired) electrons. The summed E-state index contributed by atoms with van der Waals surface area (Å²) in [6.07, 6.45) is 0.195. The fraction of sp³-hybridized carbons (Fsp3) is 0.769. The molecule has 0 heterocycles. The Morgan fingerprint density at radius 3 is 2.30 bits per heavy atom. The molecule has 0 spiro atoms. The summed E-state index contributed by atoms with van der Waals surface area (Å²) in [4.78, 5) is 26.1. The number of nitriles is 1. The van der Waals surface area contributed by atoms with Crippen LogP contribution in [0.2, 0.25) is 0 Å². The van der Waals surface area contributed by atoms with Crippen LogP contribution in [0.5, 0.6) is 0 Å². The van der Waals surface area contributed by atoms with Gasteiger partial charge in [-0.05, 0) is 20.8 Å². The van der Waals surface area contributed by atoms with E-state index in [1.165, 1.54) is 16.9 Å². The van der Waals surface area contributed by atoms with E-state index < -0.39 is 17.5 Å². The Morgan fingerprint density at radius 1 is 1.30 bits per heavy atom. The highest BCUT2D eigenvalue weighted by Crippen LogP contribution is 2.16. The van der Waals surface area contributed by atoms with Gasteiger partial charge in [-0.15, -0.1) is 0 Å². The number of hydrogen-bond acceptors (Lipinski definition) is 4. The van der Waals surface area contributed by atoms with Gasteiger partial charge in [-0.25, -0.2) is 4.79 Å². The fourth-order valence-electron chi connectivity index (χ4n) is 1.59. The number of nitrogens with zero attached hydrogens (tertiary/aromatic N) is 3. The average Bonchev–Trinajstić information content (AvgIpc) is 2.34. The fourth-order valence-corrected chi connectivity index (χ4v) is 1.59. The highest BCUT2D eigenvalue weighted by atomic mass is 16.5. The van der Waals surface area contributed by atoms with Gasteiger partial charge in [0.2, 0.25) is 0 Å². The number of carboxylic acids is 1. The van der Waals surface area contributed by atoms with Crippen molar-refractivity contribution in [2.45, 2.75) is 32.7 Å². The number of urea groups is 1. The number of carbonyl (C=O) groups excluding carboxylic acids is 1. The second-order valence-electron chi connectivity index (χ2n) is 5.32. The Kier molecular flexibility index (Phi) is 7.62. The number of aliphatic carboxylic acids is 1. The second kappa shape index (κ2) is 8.38. The first-order chi connectivity index (χ1) is 9.23. The monoisotopic (exact) mass is 285 g/mol. The maximum absolute atomic E-state index is 12.5. The minimum Gasteiger partial charge on any atom is -0.480 e. The van der Waals surface area contributed by atoms with Crippen LogP contribution >= 0.6 is 0 Å². The number of carboxylic acid groups (broad SMARTS) is 1. The average molecular weight is 285 g/mol. The lowest BCUT2D eigenvalue weighted by Gasteiger charge is -2.38. The van der Waals surface area contributed by atoms with Crippen LogP contribution in [-0.4, -0.2) is 65.8 Å². The number of ether oxygens (including phenoxy) is 1. The maximum Gasteiger partial charge on any atom is 0.323 e. The molecule has 0 aliphatic rings.